The van der Waals surface area contributed by atoms with E-state index < -0.39 is 11.8 Å². The van der Waals surface area contributed by atoms with Crippen molar-refractivity contribution in [3.05, 3.63) is 0 Å². The summed E-state index contributed by atoms with van der Waals surface area (Å²) in [5.41, 5.74) is -0.479. The minimum absolute atomic E-state index is 0.360. The zero-order chi connectivity index (χ0) is 11.7. The molecule has 0 aromatic heterocycles. The second kappa shape index (κ2) is 7.51. The van der Waals surface area contributed by atoms with Crippen molar-refractivity contribution >= 4 is 6.16 Å². The Labute approximate surface area is 92.3 Å². The molecular weight excluding hydrogens is 194 g/mol. The van der Waals surface area contributed by atoms with Crippen LogP contribution in [-0.2, 0) is 9.47 Å². The first-order chi connectivity index (χ1) is 6.95. The Morgan fingerprint density at radius 1 is 1.27 bits per heavy atom. The quantitative estimate of drug-likeness (QED) is 0.548. The highest BCUT2D eigenvalue weighted by molar-refractivity contribution is 5.60. The summed E-state index contributed by atoms with van der Waals surface area (Å²) in [5.74, 6) is 0. The van der Waals surface area contributed by atoms with Crippen LogP contribution in [0.25, 0.3) is 0 Å². The number of hydrogen-bond donors (Lipinski definition) is 1. The molecule has 0 amide bonds. The molecule has 15 heavy (non-hydrogen) atoms. The minimum atomic E-state index is -0.597. The van der Waals surface area contributed by atoms with Gasteiger partial charge in [0.05, 0.1) is 0 Å². The van der Waals surface area contributed by atoms with E-state index in [0.717, 1.165) is 13.0 Å². The fourth-order valence-electron chi connectivity index (χ4n) is 0.913. The Balaban J connectivity index is 3.32. The normalized spacial score (nSPS) is 11.2. The Hall–Kier alpha value is -0.770. The molecule has 0 rings (SSSR count). The van der Waals surface area contributed by atoms with Crippen molar-refractivity contribution in [2.75, 3.05) is 19.7 Å². The van der Waals surface area contributed by atoms with E-state index >= 15 is 0 Å². The lowest BCUT2D eigenvalue weighted by Gasteiger charge is -2.18. The lowest BCUT2D eigenvalue weighted by Crippen LogP contribution is -2.27. The highest BCUT2D eigenvalue weighted by Gasteiger charge is 2.16. The highest BCUT2D eigenvalue weighted by Crippen LogP contribution is 2.07. The first-order valence-electron chi connectivity index (χ1n) is 5.52. The molecule has 0 radical (unpaired) electrons. The van der Waals surface area contributed by atoms with Gasteiger partial charge >= 0.3 is 6.16 Å². The Bertz CT molecular complexity index is 175. The van der Waals surface area contributed by atoms with Gasteiger partial charge < -0.3 is 14.8 Å². The average molecular weight is 217 g/mol. The molecule has 4 heteroatoms. The van der Waals surface area contributed by atoms with Crippen LogP contribution < -0.4 is 5.32 Å². The number of unbranched alkanes of at least 4 members (excludes halogenated alkanes) is 1. The van der Waals surface area contributed by atoms with Crippen molar-refractivity contribution in [1.29, 1.82) is 0 Å². The summed E-state index contributed by atoms with van der Waals surface area (Å²) in [6, 6.07) is 0. The summed E-state index contributed by atoms with van der Waals surface area (Å²) in [7, 11) is 0. The lowest BCUT2D eigenvalue weighted by atomic mass is 10.2. The van der Waals surface area contributed by atoms with Crippen molar-refractivity contribution < 1.29 is 14.3 Å². The van der Waals surface area contributed by atoms with Gasteiger partial charge in [0.25, 0.3) is 0 Å². The largest absolute Gasteiger partial charge is 0.508 e. The van der Waals surface area contributed by atoms with E-state index in [9.17, 15) is 4.79 Å². The Morgan fingerprint density at radius 3 is 2.47 bits per heavy atom. The van der Waals surface area contributed by atoms with Gasteiger partial charge in [-0.2, -0.15) is 0 Å². The summed E-state index contributed by atoms with van der Waals surface area (Å²) < 4.78 is 9.85. The van der Waals surface area contributed by atoms with E-state index in [1.165, 1.54) is 6.42 Å². The number of carbonyl (C=O) groups is 1. The molecule has 0 saturated carbocycles. The monoisotopic (exact) mass is 217 g/mol. The van der Waals surface area contributed by atoms with Crippen molar-refractivity contribution in [1.82, 2.24) is 5.32 Å². The zero-order valence-corrected chi connectivity index (χ0v) is 10.3. The van der Waals surface area contributed by atoms with Crippen LogP contribution in [0.1, 0.15) is 40.5 Å². The van der Waals surface area contributed by atoms with Gasteiger partial charge in [-0.05, 0) is 33.7 Å². The number of nitrogens with one attached hydrogen (secondary N) is 1. The van der Waals surface area contributed by atoms with E-state index in [2.05, 4.69) is 12.2 Å². The fourth-order valence-corrected chi connectivity index (χ4v) is 0.913. The summed E-state index contributed by atoms with van der Waals surface area (Å²) in [4.78, 5) is 11.1. The van der Waals surface area contributed by atoms with Crippen LogP contribution in [-0.4, -0.2) is 31.5 Å². The maximum absolute atomic E-state index is 11.1. The third kappa shape index (κ3) is 11.2. The van der Waals surface area contributed by atoms with E-state index in [1.54, 1.807) is 0 Å². The van der Waals surface area contributed by atoms with Crippen molar-refractivity contribution in [2.45, 2.75) is 46.1 Å². The molecule has 4 nitrogen and oxygen atoms in total. The summed E-state index contributed by atoms with van der Waals surface area (Å²) in [5, 5.41) is 3.17. The smallest absolute Gasteiger partial charge is 0.433 e. The van der Waals surface area contributed by atoms with Gasteiger partial charge in [0, 0.05) is 6.54 Å². The number of hydrogen-bond acceptors (Lipinski definition) is 4. The average Bonchev–Trinajstić information content (AvgIpc) is 2.08. The predicted molar refractivity (Wildman–Crippen MR) is 60.0 cm³/mol. The molecule has 0 spiro atoms. The molecule has 0 heterocycles. The van der Waals surface area contributed by atoms with Crippen LogP contribution in [0.5, 0.6) is 0 Å². The molecule has 0 unspecified atom stereocenters. The van der Waals surface area contributed by atoms with E-state index in [1.807, 2.05) is 20.8 Å². The molecule has 1 N–H and O–H groups in total. The lowest BCUT2D eigenvalue weighted by molar-refractivity contribution is -0.00657. The minimum Gasteiger partial charge on any atom is -0.433 e. The maximum atomic E-state index is 11.1. The first-order valence-corrected chi connectivity index (χ1v) is 5.52. The summed E-state index contributed by atoms with van der Waals surface area (Å²) >= 11 is 0. The molecule has 0 fully saturated rings. The maximum Gasteiger partial charge on any atom is 0.508 e. The number of rotatable bonds is 6. The molecule has 0 aromatic rings. The van der Waals surface area contributed by atoms with E-state index in [4.69, 9.17) is 9.47 Å². The van der Waals surface area contributed by atoms with E-state index in [0.29, 0.717) is 13.2 Å². The summed E-state index contributed by atoms with van der Waals surface area (Å²) in [6.45, 7) is 9.58. The Morgan fingerprint density at radius 2 is 1.93 bits per heavy atom. The molecule has 0 atom stereocenters. The molecule has 0 aliphatic heterocycles. The molecular formula is C11H23NO3. The molecule has 0 aliphatic carbocycles. The van der Waals surface area contributed by atoms with Gasteiger partial charge in [-0.3, -0.25) is 0 Å². The van der Waals surface area contributed by atoms with Crippen LogP contribution in [0.3, 0.4) is 0 Å². The fraction of sp³-hybridized carbons (Fsp3) is 0.909. The molecule has 0 saturated heterocycles. The molecule has 0 bridgehead atoms. The second-order valence-electron chi connectivity index (χ2n) is 4.42. The van der Waals surface area contributed by atoms with Crippen LogP contribution in [0, 0.1) is 0 Å². The summed E-state index contributed by atoms with van der Waals surface area (Å²) in [6.07, 6.45) is 1.71. The van der Waals surface area contributed by atoms with Gasteiger partial charge in [0.1, 0.15) is 12.2 Å². The first kappa shape index (κ1) is 14.2. The van der Waals surface area contributed by atoms with Crippen molar-refractivity contribution in [3.8, 4) is 0 Å². The van der Waals surface area contributed by atoms with E-state index in [-0.39, 0.29) is 0 Å². The van der Waals surface area contributed by atoms with Gasteiger partial charge in [-0.25, -0.2) is 4.79 Å². The topological polar surface area (TPSA) is 47.6 Å². The third-order valence-electron chi connectivity index (χ3n) is 1.60. The van der Waals surface area contributed by atoms with Crippen LogP contribution in [0.15, 0.2) is 0 Å². The van der Waals surface area contributed by atoms with Gasteiger partial charge in [-0.15, -0.1) is 0 Å². The zero-order valence-electron chi connectivity index (χ0n) is 10.3. The second-order valence-corrected chi connectivity index (χ2v) is 4.42. The molecule has 90 valence electrons. The van der Waals surface area contributed by atoms with Crippen molar-refractivity contribution in [3.63, 3.8) is 0 Å². The highest BCUT2D eigenvalue weighted by atomic mass is 16.7. The van der Waals surface area contributed by atoms with Gasteiger partial charge in [0.15, 0.2) is 0 Å². The standard InChI is InChI=1S/C11H23NO3/c1-5-6-7-12-8-9-14-10(13)15-11(2,3)4/h12H,5-9H2,1-4H3. The van der Waals surface area contributed by atoms with Crippen LogP contribution >= 0.6 is 0 Å². The predicted octanol–water partition coefficient (Wildman–Crippen LogP) is 2.33. The molecule has 0 aliphatic rings. The molecule has 0 aromatic carbocycles. The Kier molecular flexibility index (Phi) is 7.13. The van der Waals surface area contributed by atoms with Crippen LogP contribution in [0.4, 0.5) is 4.79 Å². The van der Waals surface area contributed by atoms with Gasteiger partial charge in [-0.1, -0.05) is 13.3 Å². The third-order valence-corrected chi connectivity index (χ3v) is 1.60. The van der Waals surface area contributed by atoms with Crippen LogP contribution in [0.2, 0.25) is 0 Å². The SMILES string of the molecule is CCCCNCCOC(=O)OC(C)(C)C. The number of ether oxygens (including phenoxy) is 2. The van der Waals surface area contributed by atoms with Crippen molar-refractivity contribution in [2.24, 2.45) is 0 Å². The van der Waals surface area contributed by atoms with Gasteiger partial charge in [0.2, 0.25) is 0 Å². The number of carbonyl (C=O) groups excluding carboxylic acids is 1.